The van der Waals surface area contributed by atoms with Crippen LogP contribution < -0.4 is 10.2 Å². The number of hydrogen-bond donors (Lipinski definition) is 1. The first-order chi connectivity index (χ1) is 9.39. The van der Waals surface area contributed by atoms with E-state index >= 15 is 0 Å². The molecule has 4 nitrogen and oxygen atoms in total. The Morgan fingerprint density at radius 1 is 1.20 bits per heavy atom. The lowest BCUT2D eigenvalue weighted by Crippen LogP contribution is -2.32. The number of rotatable bonds is 1. The average molecular weight is 272 g/mol. The monoisotopic (exact) mass is 272 g/mol. The van der Waals surface area contributed by atoms with Gasteiger partial charge in [-0.15, -0.1) is 0 Å². The van der Waals surface area contributed by atoms with Gasteiger partial charge in [-0.1, -0.05) is 13.8 Å². The van der Waals surface area contributed by atoms with Crippen molar-refractivity contribution in [3.05, 3.63) is 46.1 Å². The summed E-state index contributed by atoms with van der Waals surface area (Å²) in [5.41, 5.74) is 0.878. The summed E-state index contributed by atoms with van der Waals surface area (Å²) >= 11 is 0. The van der Waals surface area contributed by atoms with Crippen molar-refractivity contribution >= 4 is 0 Å². The summed E-state index contributed by atoms with van der Waals surface area (Å²) in [6.45, 7) is 5.87. The minimum Gasteiger partial charge on any atom is -0.508 e. The van der Waals surface area contributed by atoms with Crippen molar-refractivity contribution in [2.75, 3.05) is 0 Å². The van der Waals surface area contributed by atoms with Gasteiger partial charge in [0.25, 0.3) is 5.95 Å². The SMILES string of the molecule is C[C@@H]1Oc2oc(-c3ccc(O)cc3)cc(=O)c2C1(C)C. The van der Waals surface area contributed by atoms with Gasteiger partial charge in [0.05, 0.1) is 5.56 Å². The lowest BCUT2D eigenvalue weighted by Gasteiger charge is -2.20. The molecule has 104 valence electrons. The number of fused-ring (bicyclic) bond motifs is 1. The quantitative estimate of drug-likeness (QED) is 0.866. The summed E-state index contributed by atoms with van der Waals surface area (Å²) in [4.78, 5) is 12.3. The fourth-order valence-corrected chi connectivity index (χ4v) is 2.41. The third-order valence-electron chi connectivity index (χ3n) is 4.01. The molecule has 0 aliphatic carbocycles. The van der Waals surface area contributed by atoms with E-state index in [2.05, 4.69) is 0 Å². The molecule has 1 atom stereocenters. The molecule has 0 saturated heterocycles. The van der Waals surface area contributed by atoms with Gasteiger partial charge in [-0.05, 0) is 31.2 Å². The Morgan fingerprint density at radius 3 is 2.50 bits per heavy atom. The second-order valence-corrected chi connectivity index (χ2v) is 5.67. The molecule has 1 aromatic carbocycles. The highest BCUT2D eigenvalue weighted by atomic mass is 16.6. The van der Waals surface area contributed by atoms with E-state index in [4.69, 9.17) is 9.15 Å². The van der Waals surface area contributed by atoms with Crippen molar-refractivity contribution in [1.82, 2.24) is 0 Å². The fourth-order valence-electron chi connectivity index (χ4n) is 2.41. The van der Waals surface area contributed by atoms with E-state index in [1.54, 1.807) is 24.3 Å². The van der Waals surface area contributed by atoms with Crippen LogP contribution in [0.15, 0.2) is 39.5 Å². The van der Waals surface area contributed by atoms with Gasteiger partial charge in [0.1, 0.15) is 17.6 Å². The van der Waals surface area contributed by atoms with E-state index in [1.807, 2.05) is 20.8 Å². The Kier molecular flexibility index (Phi) is 2.64. The highest BCUT2D eigenvalue weighted by Crippen LogP contribution is 2.42. The van der Waals surface area contributed by atoms with Crippen molar-refractivity contribution in [2.45, 2.75) is 32.3 Å². The van der Waals surface area contributed by atoms with E-state index in [1.165, 1.54) is 6.07 Å². The van der Waals surface area contributed by atoms with Crippen LogP contribution in [0.4, 0.5) is 0 Å². The minimum absolute atomic E-state index is 0.0799. The maximum atomic E-state index is 12.3. The Hall–Kier alpha value is -2.23. The molecular formula is C16H16O4. The summed E-state index contributed by atoms with van der Waals surface area (Å²) in [7, 11) is 0. The van der Waals surface area contributed by atoms with Crippen LogP contribution >= 0.6 is 0 Å². The van der Waals surface area contributed by atoms with Crippen LogP contribution in [0, 0.1) is 0 Å². The first-order valence-electron chi connectivity index (χ1n) is 6.54. The van der Waals surface area contributed by atoms with Crippen LogP contribution in [-0.2, 0) is 5.41 Å². The van der Waals surface area contributed by atoms with Gasteiger partial charge in [0.15, 0.2) is 5.43 Å². The number of aromatic hydroxyl groups is 1. The largest absolute Gasteiger partial charge is 0.508 e. The van der Waals surface area contributed by atoms with E-state index in [0.717, 1.165) is 5.56 Å². The highest BCUT2D eigenvalue weighted by molar-refractivity contribution is 5.59. The normalized spacial score (nSPS) is 19.4. The molecule has 0 bridgehead atoms. The average Bonchev–Trinajstić information content (AvgIpc) is 2.61. The van der Waals surface area contributed by atoms with E-state index < -0.39 is 0 Å². The molecule has 3 rings (SSSR count). The number of benzene rings is 1. The molecule has 0 unspecified atom stereocenters. The molecule has 20 heavy (non-hydrogen) atoms. The Bertz CT molecular complexity index is 710. The van der Waals surface area contributed by atoms with Crippen LogP contribution in [0.3, 0.4) is 0 Å². The van der Waals surface area contributed by atoms with Crippen molar-refractivity contribution < 1.29 is 14.3 Å². The molecule has 1 N–H and O–H groups in total. The van der Waals surface area contributed by atoms with Crippen molar-refractivity contribution in [2.24, 2.45) is 0 Å². The van der Waals surface area contributed by atoms with Gasteiger partial charge < -0.3 is 14.3 Å². The van der Waals surface area contributed by atoms with Crippen LogP contribution in [0.1, 0.15) is 26.3 Å². The van der Waals surface area contributed by atoms with Gasteiger partial charge in [-0.2, -0.15) is 0 Å². The topological polar surface area (TPSA) is 59.7 Å². The highest BCUT2D eigenvalue weighted by Gasteiger charge is 2.43. The number of phenolic OH excluding ortho intramolecular Hbond substituents is 1. The van der Waals surface area contributed by atoms with Crippen molar-refractivity contribution in [3.8, 4) is 23.0 Å². The molecule has 1 aromatic heterocycles. The van der Waals surface area contributed by atoms with Crippen LogP contribution in [0.5, 0.6) is 11.7 Å². The molecule has 0 fully saturated rings. The van der Waals surface area contributed by atoms with E-state index in [-0.39, 0.29) is 22.7 Å². The fraction of sp³-hybridized carbons (Fsp3) is 0.312. The minimum atomic E-state index is -0.358. The molecule has 1 aliphatic heterocycles. The van der Waals surface area contributed by atoms with Crippen LogP contribution in [0.2, 0.25) is 0 Å². The summed E-state index contributed by atoms with van der Waals surface area (Å²) < 4.78 is 11.4. The first kappa shape index (κ1) is 12.8. The summed E-state index contributed by atoms with van der Waals surface area (Å²) in [5, 5.41) is 9.30. The predicted octanol–water partition coefficient (Wildman–Crippen LogP) is 3.07. The van der Waals surface area contributed by atoms with Gasteiger partial charge in [-0.25, -0.2) is 0 Å². The smallest absolute Gasteiger partial charge is 0.293 e. The number of hydrogen-bond acceptors (Lipinski definition) is 4. The molecule has 2 heterocycles. The Balaban J connectivity index is 2.15. The second kappa shape index (κ2) is 4.13. The zero-order valence-electron chi connectivity index (χ0n) is 11.6. The maximum Gasteiger partial charge on any atom is 0.293 e. The summed E-state index contributed by atoms with van der Waals surface area (Å²) in [6, 6.07) is 7.98. The Morgan fingerprint density at radius 2 is 1.85 bits per heavy atom. The third kappa shape index (κ3) is 1.80. The molecule has 0 radical (unpaired) electrons. The van der Waals surface area contributed by atoms with Gasteiger partial charge in [-0.3, -0.25) is 4.79 Å². The van der Waals surface area contributed by atoms with Gasteiger partial charge in [0.2, 0.25) is 0 Å². The van der Waals surface area contributed by atoms with Crippen molar-refractivity contribution in [1.29, 1.82) is 0 Å². The molecule has 0 saturated carbocycles. The summed E-state index contributed by atoms with van der Waals surface area (Å²) in [5.74, 6) is 0.917. The van der Waals surface area contributed by atoms with Crippen LogP contribution in [0.25, 0.3) is 11.3 Å². The maximum absolute atomic E-state index is 12.3. The molecule has 2 aromatic rings. The number of phenols is 1. The molecule has 0 amide bonds. The van der Waals surface area contributed by atoms with Gasteiger partial charge >= 0.3 is 0 Å². The molecule has 0 spiro atoms. The third-order valence-corrected chi connectivity index (χ3v) is 4.01. The molecule has 1 aliphatic rings. The van der Waals surface area contributed by atoms with Crippen molar-refractivity contribution in [3.63, 3.8) is 0 Å². The lowest BCUT2D eigenvalue weighted by atomic mass is 9.82. The van der Waals surface area contributed by atoms with Crippen LogP contribution in [-0.4, -0.2) is 11.2 Å². The number of ether oxygens (including phenoxy) is 1. The zero-order chi connectivity index (χ0) is 14.5. The molecule has 4 heteroatoms. The van der Waals surface area contributed by atoms with Gasteiger partial charge in [0, 0.05) is 17.0 Å². The Labute approximate surface area is 116 Å². The summed E-state index contributed by atoms with van der Waals surface area (Å²) in [6.07, 6.45) is -0.107. The molecular weight excluding hydrogens is 256 g/mol. The van der Waals surface area contributed by atoms with E-state index in [0.29, 0.717) is 17.3 Å². The van der Waals surface area contributed by atoms with E-state index in [9.17, 15) is 9.90 Å². The predicted molar refractivity (Wildman–Crippen MR) is 75.2 cm³/mol. The second-order valence-electron chi connectivity index (χ2n) is 5.67. The first-order valence-corrected chi connectivity index (χ1v) is 6.54. The lowest BCUT2D eigenvalue weighted by molar-refractivity contribution is 0.155. The standard InChI is InChI=1S/C16H16O4/c1-9-16(2,3)14-12(18)8-13(20-15(14)19-9)10-4-6-11(17)7-5-10/h4-9,17H,1-3H3/t9-/m0/s1. The zero-order valence-corrected chi connectivity index (χ0v) is 11.6.